The van der Waals surface area contributed by atoms with Gasteiger partial charge in [0.1, 0.15) is 0 Å². The van der Waals surface area contributed by atoms with Crippen LogP contribution in [0.5, 0.6) is 0 Å². The number of hydrogen-bond donors (Lipinski definition) is 2. The highest BCUT2D eigenvalue weighted by molar-refractivity contribution is 14.1. The summed E-state index contributed by atoms with van der Waals surface area (Å²) in [5.41, 5.74) is 0.755. The van der Waals surface area contributed by atoms with Gasteiger partial charge >= 0.3 is 12.0 Å². The summed E-state index contributed by atoms with van der Waals surface area (Å²) in [5.74, 6) is -1.08. The van der Waals surface area contributed by atoms with Crippen molar-refractivity contribution in [1.82, 2.24) is 4.90 Å². The minimum absolute atomic E-state index is 0.162. The number of piperidine rings is 1. The fourth-order valence-electron chi connectivity index (χ4n) is 2.07. The number of carbonyl (C=O) groups is 2. The van der Waals surface area contributed by atoms with Gasteiger partial charge < -0.3 is 15.3 Å². The molecule has 1 heterocycles. The molecule has 5 nitrogen and oxygen atoms in total. The van der Waals surface area contributed by atoms with Gasteiger partial charge in [0.25, 0.3) is 0 Å². The van der Waals surface area contributed by atoms with E-state index >= 15 is 0 Å². The van der Waals surface area contributed by atoms with E-state index in [0.29, 0.717) is 25.9 Å². The Bertz CT molecular complexity index is 467. The third kappa shape index (κ3) is 3.82. The van der Waals surface area contributed by atoms with E-state index in [9.17, 15) is 9.59 Å². The Kier molecular flexibility index (Phi) is 4.62. The molecule has 0 aliphatic carbocycles. The standard InChI is InChI=1S/C13H15IN2O3/c14-10-1-3-11(4-2-10)15-13(19)16-7-5-9(6-8-16)12(17)18/h1-4,9H,5-8H2,(H,15,19)(H,17,18). The van der Waals surface area contributed by atoms with Crippen LogP contribution in [0.1, 0.15) is 12.8 Å². The summed E-state index contributed by atoms with van der Waals surface area (Å²) in [6.07, 6.45) is 1.05. The van der Waals surface area contributed by atoms with Crippen molar-refractivity contribution in [3.05, 3.63) is 27.8 Å². The number of urea groups is 1. The van der Waals surface area contributed by atoms with Crippen molar-refractivity contribution < 1.29 is 14.7 Å². The van der Waals surface area contributed by atoms with Gasteiger partial charge in [-0.05, 0) is 59.7 Å². The van der Waals surface area contributed by atoms with Crippen LogP contribution in [0.25, 0.3) is 0 Å². The van der Waals surface area contributed by atoms with Gasteiger partial charge in [-0.25, -0.2) is 4.79 Å². The minimum atomic E-state index is -0.766. The van der Waals surface area contributed by atoms with Crippen LogP contribution in [0.15, 0.2) is 24.3 Å². The molecule has 6 heteroatoms. The van der Waals surface area contributed by atoms with E-state index in [0.717, 1.165) is 9.26 Å². The molecule has 1 saturated heterocycles. The number of hydrogen-bond acceptors (Lipinski definition) is 2. The second-order valence-corrected chi connectivity index (χ2v) is 5.78. The molecule has 0 bridgehead atoms. The third-order valence-electron chi connectivity index (χ3n) is 3.23. The molecule has 1 aromatic carbocycles. The van der Waals surface area contributed by atoms with Crippen LogP contribution in [0.3, 0.4) is 0 Å². The largest absolute Gasteiger partial charge is 0.481 e. The van der Waals surface area contributed by atoms with Gasteiger partial charge in [0, 0.05) is 22.3 Å². The molecule has 2 N–H and O–H groups in total. The summed E-state index contributed by atoms with van der Waals surface area (Å²) in [6.45, 7) is 0.986. The highest BCUT2D eigenvalue weighted by Crippen LogP contribution is 2.18. The van der Waals surface area contributed by atoms with Crippen LogP contribution in [0.2, 0.25) is 0 Å². The maximum atomic E-state index is 12.0. The molecule has 2 amide bonds. The number of anilines is 1. The zero-order valence-electron chi connectivity index (χ0n) is 10.3. The molecule has 102 valence electrons. The number of aliphatic carboxylic acids is 1. The van der Waals surface area contributed by atoms with Crippen molar-refractivity contribution in [2.75, 3.05) is 18.4 Å². The average Bonchev–Trinajstić information content (AvgIpc) is 2.41. The number of rotatable bonds is 2. The van der Waals surface area contributed by atoms with Crippen molar-refractivity contribution in [2.24, 2.45) is 5.92 Å². The number of carbonyl (C=O) groups excluding carboxylic acids is 1. The van der Waals surface area contributed by atoms with Gasteiger partial charge in [-0.15, -0.1) is 0 Å². The first-order chi connectivity index (χ1) is 9.06. The van der Waals surface area contributed by atoms with E-state index in [2.05, 4.69) is 27.9 Å². The molecule has 1 aliphatic heterocycles. The highest BCUT2D eigenvalue weighted by atomic mass is 127. The Morgan fingerprint density at radius 2 is 1.79 bits per heavy atom. The summed E-state index contributed by atoms with van der Waals surface area (Å²) in [5, 5.41) is 11.7. The number of nitrogens with one attached hydrogen (secondary N) is 1. The van der Waals surface area contributed by atoms with E-state index in [1.807, 2.05) is 24.3 Å². The van der Waals surface area contributed by atoms with Crippen LogP contribution in [0, 0.1) is 9.49 Å². The molecule has 0 radical (unpaired) electrons. The number of carboxylic acid groups (broad SMARTS) is 1. The predicted molar refractivity (Wildman–Crippen MR) is 80.1 cm³/mol. The van der Waals surface area contributed by atoms with E-state index in [1.54, 1.807) is 4.90 Å². The first-order valence-corrected chi connectivity index (χ1v) is 7.18. The van der Waals surface area contributed by atoms with Crippen LogP contribution >= 0.6 is 22.6 Å². The molecule has 0 aromatic heterocycles. The van der Waals surface area contributed by atoms with Crippen LogP contribution in [-0.2, 0) is 4.79 Å². The first kappa shape index (κ1) is 14.1. The summed E-state index contributed by atoms with van der Waals surface area (Å²) in [4.78, 5) is 24.5. The molecular formula is C13H15IN2O3. The van der Waals surface area contributed by atoms with Crippen molar-refractivity contribution in [1.29, 1.82) is 0 Å². The lowest BCUT2D eigenvalue weighted by Gasteiger charge is -2.30. The molecular weight excluding hydrogens is 359 g/mol. The fourth-order valence-corrected chi connectivity index (χ4v) is 2.42. The predicted octanol–water partition coefficient (Wildman–Crippen LogP) is 2.62. The maximum Gasteiger partial charge on any atom is 0.321 e. The lowest BCUT2D eigenvalue weighted by Crippen LogP contribution is -2.42. The molecule has 1 fully saturated rings. The molecule has 0 spiro atoms. The SMILES string of the molecule is O=C(O)C1CCN(C(=O)Nc2ccc(I)cc2)CC1. The third-order valence-corrected chi connectivity index (χ3v) is 3.95. The molecule has 0 saturated carbocycles. The molecule has 0 atom stereocenters. The Balaban J connectivity index is 1.88. The van der Waals surface area contributed by atoms with E-state index in [4.69, 9.17) is 5.11 Å². The molecule has 1 aromatic rings. The van der Waals surface area contributed by atoms with Crippen molar-refractivity contribution >= 4 is 40.3 Å². The zero-order chi connectivity index (χ0) is 13.8. The number of benzene rings is 1. The first-order valence-electron chi connectivity index (χ1n) is 6.10. The summed E-state index contributed by atoms with van der Waals surface area (Å²) in [6, 6.07) is 7.39. The second-order valence-electron chi connectivity index (χ2n) is 4.54. The van der Waals surface area contributed by atoms with E-state index in [1.165, 1.54) is 0 Å². The monoisotopic (exact) mass is 374 g/mol. The van der Waals surface area contributed by atoms with Gasteiger partial charge in [-0.1, -0.05) is 0 Å². The second kappa shape index (κ2) is 6.23. The Morgan fingerprint density at radius 3 is 2.32 bits per heavy atom. The quantitative estimate of drug-likeness (QED) is 0.782. The van der Waals surface area contributed by atoms with Gasteiger partial charge in [0.15, 0.2) is 0 Å². The van der Waals surface area contributed by atoms with Crippen LogP contribution in [-0.4, -0.2) is 35.1 Å². The average molecular weight is 374 g/mol. The highest BCUT2D eigenvalue weighted by Gasteiger charge is 2.26. The summed E-state index contributed by atoms with van der Waals surface area (Å²) >= 11 is 2.20. The van der Waals surface area contributed by atoms with Gasteiger partial charge in [-0.3, -0.25) is 4.79 Å². The van der Waals surface area contributed by atoms with E-state index < -0.39 is 5.97 Å². The normalized spacial score (nSPS) is 16.2. The van der Waals surface area contributed by atoms with Crippen molar-refractivity contribution in [3.8, 4) is 0 Å². The molecule has 1 aliphatic rings. The number of likely N-dealkylation sites (tertiary alicyclic amines) is 1. The number of amides is 2. The molecule has 19 heavy (non-hydrogen) atoms. The van der Waals surface area contributed by atoms with Crippen LogP contribution < -0.4 is 5.32 Å². The Labute approximate surface area is 125 Å². The van der Waals surface area contributed by atoms with Gasteiger partial charge in [0.05, 0.1) is 5.92 Å². The number of nitrogens with zero attached hydrogens (tertiary/aromatic N) is 1. The van der Waals surface area contributed by atoms with Gasteiger partial charge in [0.2, 0.25) is 0 Å². The minimum Gasteiger partial charge on any atom is -0.481 e. The van der Waals surface area contributed by atoms with Crippen molar-refractivity contribution in [2.45, 2.75) is 12.8 Å². The lowest BCUT2D eigenvalue weighted by atomic mass is 9.97. The van der Waals surface area contributed by atoms with Crippen molar-refractivity contribution in [3.63, 3.8) is 0 Å². The molecule has 0 unspecified atom stereocenters. The maximum absolute atomic E-state index is 12.0. The van der Waals surface area contributed by atoms with Gasteiger partial charge in [-0.2, -0.15) is 0 Å². The molecule has 2 rings (SSSR count). The fraction of sp³-hybridized carbons (Fsp3) is 0.385. The number of carboxylic acids is 1. The zero-order valence-corrected chi connectivity index (χ0v) is 12.5. The lowest BCUT2D eigenvalue weighted by molar-refractivity contribution is -0.143. The topological polar surface area (TPSA) is 69.6 Å². The number of halogens is 1. The Hall–Kier alpha value is -1.31. The Morgan fingerprint density at radius 1 is 1.21 bits per heavy atom. The van der Waals surface area contributed by atoms with E-state index in [-0.39, 0.29) is 11.9 Å². The summed E-state index contributed by atoms with van der Waals surface area (Å²) in [7, 11) is 0. The smallest absolute Gasteiger partial charge is 0.321 e. The summed E-state index contributed by atoms with van der Waals surface area (Å²) < 4.78 is 1.11. The van der Waals surface area contributed by atoms with Crippen LogP contribution in [0.4, 0.5) is 10.5 Å².